The summed E-state index contributed by atoms with van der Waals surface area (Å²) in [5.41, 5.74) is 9.21. The van der Waals surface area contributed by atoms with E-state index in [0.29, 0.717) is 0 Å². The molecule has 0 atom stereocenters. The summed E-state index contributed by atoms with van der Waals surface area (Å²) in [5.74, 6) is 0. The summed E-state index contributed by atoms with van der Waals surface area (Å²) in [7, 11) is 0. The van der Waals surface area contributed by atoms with Gasteiger partial charge in [-0.1, -0.05) is 97.1 Å². The lowest BCUT2D eigenvalue weighted by Gasteiger charge is -2.16. The van der Waals surface area contributed by atoms with Gasteiger partial charge in [-0.2, -0.15) is 0 Å². The Hall–Kier alpha value is -7.82. The van der Waals surface area contributed by atoms with Crippen molar-refractivity contribution in [3.05, 3.63) is 183 Å². The third-order valence-corrected chi connectivity index (χ3v) is 12.5. The molecule has 4 nitrogen and oxygen atoms in total. The lowest BCUT2D eigenvalue weighted by molar-refractivity contribution is 1.33. The highest BCUT2D eigenvalue weighted by molar-refractivity contribution is 6.45. The van der Waals surface area contributed by atoms with Crippen LogP contribution in [0.4, 0.5) is 0 Å². The maximum atomic E-state index is 4.65. The number of hydrogen-bond donors (Lipinski definition) is 0. The first-order valence-electron chi connectivity index (χ1n) is 19.7. The number of aromatic nitrogens is 4. The molecule has 0 unspecified atom stereocenters. The molecule has 0 bridgehead atoms. The molecule has 0 aliphatic rings. The molecule has 266 valence electrons. The average Bonchev–Trinajstić information content (AvgIpc) is 3.81. The van der Waals surface area contributed by atoms with Gasteiger partial charge in [0.2, 0.25) is 0 Å². The van der Waals surface area contributed by atoms with Crippen molar-refractivity contribution >= 4 is 86.2 Å². The van der Waals surface area contributed by atoms with Crippen molar-refractivity contribution in [3.8, 4) is 44.5 Å². The van der Waals surface area contributed by atoms with E-state index in [1.807, 2.05) is 73.8 Å². The predicted molar refractivity (Wildman–Crippen MR) is 242 cm³/mol. The lowest BCUT2D eigenvalue weighted by Crippen LogP contribution is -1.90. The molecule has 0 saturated carbocycles. The first kappa shape index (κ1) is 31.4. The molecule has 13 aromatic rings. The van der Waals surface area contributed by atoms with E-state index in [1.165, 1.54) is 108 Å². The van der Waals surface area contributed by atoms with Crippen LogP contribution in [0, 0.1) is 0 Å². The van der Waals surface area contributed by atoms with E-state index in [4.69, 9.17) is 0 Å². The van der Waals surface area contributed by atoms with Gasteiger partial charge in [0, 0.05) is 71.8 Å². The molecule has 0 amide bonds. The molecule has 4 heterocycles. The van der Waals surface area contributed by atoms with Crippen LogP contribution in [0.5, 0.6) is 0 Å². The molecule has 13 rings (SSSR count). The van der Waals surface area contributed by atoms with Crippen LogP contribution in [0.15, 0.2) is 183 Å². The Morgan fingerprint density at radius 3 is 1.09 bits per heavy atom. The first-order valence-corrected chi connectivity index (χ1v) is 19.7. The van der Waals surface area contributed by atoms with E-state index in [9.17, 15) is 0 Å². The number of nitrogens with zero attached hydrogens (tertiary/aromatic N) is 4. The van der Waals surface area contributed by atoms with E-state index in [0.717, 1.165) is 22.3 Å². The predicted octanol–water partition coefficient (Wildman–Crippen LogP) is 14.0. The van der Waals surface area contributed by atoms with Crippen molar-refractivity contribution in [2.75, 3.05) is 0 Å². The molecule has 58 heavy (non-hydrogen) atoms. The van der Waals surface area contributed by atoms with Crippen LogP contribution >= 0.6 is 0 Å². The molecule has 9 aromatic carbocycles. The molecule has 0 saturated heterocycles. The van der Waals surface area contributed by atoms with Gasteiger partial charge in [-0.15, -0.1) is 0 Å². The van der Waals surface area contributed by atoms with Crippen molar-refractivity contribution in [1.29, 1.82) is 0 Å². The first-order chi connectivity index (χ1) is 28.8. The Bertz CT molecular complexity index is 3750. The zero-order chi connectivity index (χ0) is 37.9. The zero-order valence-corrected chi connectivity index (χ0v) is 31.1. The molecule has 0 fully saturated rings. The summed E-state index contributed by atoms with van der Waals surface area (Å²) in [6.45, 7) is 0. The standard InChI is InChI=1S/C54H30N4/c1-2-14-38-37(13-1)47(33-11-7-23-57-29-33)53-42-18-4-16-40-43-25-45-49-39(44(43)26-46(50(40)42)54(53)48(38)34-12-8-24-58-30-34)15-3-17-41(49)51-35(31-9-5-21-55-27-31)19-20-36(52(45)51)32-10-6-22-56-28-32/h1-30H. The van der Waals surface area contributed by atoms with E-state index in [2.05, 4.69) is 129 Å². The normalized spacial score (nSPS) is 12.1. The van der Waals surface area contributed by atoms with Gasteiger partial charge in [0.05, 0.1) is 0 Å². The summed E-state index contributed by atoms with van der Waals surface area (Å²) < 4.78 is 0. The Balaban J connectivity index is 1.27. The van der Waals surface area contributed by atoms with Gasteiger partial charge in [-0.05, 0) is 145 Å². The van der Waals surface area contributed by atoms with E-state index in [-0.39, 0.29) is 0 Å². The van der Waals surface area contributed by atoms with Crippen LogP contribution in [-0.2, 0) is 0 Å². The maximum absolute atomic E-state index is 4.65. The van der Waals surface area contributed by atoms with Gasteiger partial charge < -0.3 is 0 Å². The third kappa shape index (κ3) is 4.18. The average molecular weight is 735 g/mol. The van der Waals surface area contributed by atoms with Crippen molar-refractivity contribution in [1.82, 2.24) is 19.9 Å². The Morgan fingerprint density at radius 1 is 0.241 bits per heavy atom. The van der Waals surface area contributed by atoms with Crippen LogP contribution in [0.1, 0.15) is 0 Å². The fourth-order valence-electron chi connectivity index (χ4n) is 10.3. The molecule has 0 aliphatic heterocycles. The van der Waals surface area contributed by atoms with Crippen molar-refractivity contribution in [2.24, 2.45) is 0 Å². The van der Waals surface area contributed by atoms with Gasteiger partial charge >= 0.3 is 0 Å². The summed E-state index contributed by atoms with van der Waals surface area (Å²) in [6, 6.07) is 49.0. The summed E-state index contributed by atoms with van der Waals surface area (Å²) in [4.78, 5) is 18.4. The van der Waals surface area contributed by atoms with Gasteiger partial charge in [0.15, 0.2) is 0 Å². The minimum absolute atomic E-state index is 1.10. The number of hydrogen-bond acceptors (Lipinski definition) is 4. The van der Waals surface area contributed by atoms with Crippen molar-refractivity contribution < 1.29 is 0 Å². The van der Waals surface area contributed by atoms with Crippen LogP contribution in [0.3, 0.4) is 0 Å². The second-order valence-electron chi connectivity index (χ2n) is 15.3. The van der Waals surface area contributed by atoms with Crippen LogP contribution in [0.2, 0.25) is 0 Å². The molecule has 0 radical (unpaired) electrons. The fourth-order valence-corrected chi connectivity index (χ4v) is 10.3. The molecular weight excluding hydrogens is 705 g/mol. The monoisotopic (exact) mass is 734 g/mol. The third-order valence-electron chi connectivity index (χ3n) is 12.5. The summed E-state index contributed by atoms with van der Waals surface area (Å²) in [5, 5.41) is 20.0. The molecule has 4 heteroatoms. The van der Waals surface area contributed by atoms with Gasteiger partial charge in [0.25, 0.3) is 0 Å². The highest BCUT2D eigenvalue weighted by Crippen LogP contribution is 2.54. The molecule has 0 spiro atoms. The van der Waals surface area contributed by atoms with Crippen LogP contribution < -0.4 is 0 Å². The van der Waals surface area contributed by atoms with Gasteiger partial charge in [-0.3, -0.25) is 19.9 Å². The molecule has 0 N–H and O–H groups in total. The minimum atomic E-state index is 1.10. The smallest absolute Gasteiger partial charge is 0.0346 e. The number of pyridine rings is 4. The van der Waals surface area contributed by atoms with E-state index < -0.39 is 0 Å². The Labute approximate surface area is 332 Å². The van der Waals surface area contributed by atoms with Gasteiger partial charge in [-0.25, -0.2) is 0 Å². The van der Waals surface area contributed by atoms with Crippen molar-refractivity contribution in [3.63, 3.8) is 0 Å². The van der Waals surface area contributed by atoms with Crippen molar-refractivity contribution in [2.45, 2.75) is 0 Å². The Kier molecular flexibility index (Phi) is 6.41. The fraction of sp³-hybridized carbons (Fsp3) is 0. The zero-order valence-electron chi connectivity index (χ0n) is 31.1. The summed E-state index contributed by atoms with van der Waals surface area (Å²) in [6.07, 6.45) is 15.4. The summed E-state index contributed by atoms with van der Waals surface area (Å²) >= 11 is 0. The number of benzene rings is 7. The highest BCUT2D eigenvalue weighted by atomic mass is 14.6. The molecule has 4 aromatic heterocycles. The number of rotatable bonds is 4. The van der Waals surface area contributed by atoms with E-state index >= 15 is 0 Å². The second kappa shape index (κ2) is 11.8. The largest absolute Gasteiger partial charge is 0.264 e. The lowest BCUT2D eigenvalue weighted by atomic mass is 9.87. The minimum Gasteiger partial charge on any atom is -0.264 e. The molecular formula is C54H30N4. The highest BCUT2D eigenvalue weighted by Gasteiger charge is 2.26. The van der Waals surface area contributed by atoms with Crippen LogP contribution in [-0.4, -0.2) is 19.9 Å². The topological polar surface area (TPSA) is 51.6 Å². The van der Waals surface area contributed by atoms with Crippen LogP contribution in [0.25, 0.3) is 131 Å². The van der Waals surface area contributed by atoms with E-state index in [1.54, 1.807) is 0 Å². The maximum Gasteiger partial charge on any atom is 0.0346 e. The molecule has 0 aliphatic carbocycles. The SMILES string of the molecule is c1cncc(-c2ccc(-c3cccnc3)c3c4cc5c(cc6c7c(-c8cccnc8)c8ccccc8c(-c8cccnc8)c7c7cccc5c76)c5cccc(c23)c54)c1. The number of fused-ring (bicyclic) bond motifs is 10. The second-order valence-corrected chi connectivity index (χ2v) is 15.3. The Morgan fingerprint density at radius 2 is 0.621 bits per heavy atom. The van der Waals surface area contributed by atoms with Gasteiger partial charge in [0.1, 0.15) is 0 Å². The quantitative estimate of drug-likeness (QED) is 0.169.